The molecule has 2 amide bonds. The Morgan fingerprint density at radius 1 is 1.00 bits per heavy atom. The first-order valence-corrected chi connectivity index (χ1v) is 16.1. The van der Waals surface area contributed by atoms with E-state index in [1.165, 1.54) is 22.9 Å². The van der Waals surface area contributed by atoms with Crippen LogP contribution in [0, 0.1) is 43.3 Å². The smallest absolute Gasteiger partial charge is 0.435 e. The fourth-order valence-electron chi connectivity index (χ4n) is 7.57. The van der Waals surface area contributed by atoms with Crippen LogP contribution in [0.4, 0.5) is 17.6 Å². The van der Waals surface area contributed by atoms with Crippen LogP contribution in [0.1, 0.15) is 64.7 Å². The Balaban J connectivity index is 1.08. The molecule has 11 nitrogen and oxygen atoms in total. The number of amides is 2. The Morgan fingerprint density at radius 2 is 1.71 bits per heavy atom. The summed E-state index contributed by atoms with van der Waals surface area (Å²) in [6.07, 6.45) is -2.47. The SMILES string of the molecule is Cc1nn(-c2ccc(C(F)(F)F)nn2)c(C)c1C(=O)N1CC2CN(CC[C@H](NC(=O)C3CCCC3C(=O)O)c3cccc(F)c3)CC2C1. The molecule has 4 heterocycles. The Bertz CT molecular complexity index is 1680. The fourth-order valence-corrected chi connectivity index (χ4v) is 7.57. The van der Waals surface area contributed by atoms with Crippen LogP contribution >= 0.6 is 0 Å². The topological polar surface area (TPSA) is 134 Å². The summed E-state index contributed by atoms with van der Waals surface area (Å²) in [5.41, 5.74) is 0.792. The van der Waals surface area contributed by atoms with Crippen molar-refractivity contribution in [1.82, 2.24) is 35.1 Å². The molecule has 0 radical (unpaired) electrons. The van der Waals surface area contributed by atoms with Crippen molar-refractivity contribution in [2.75, 3.05) is 32.7 Å². The molecule has 6 rings (SSSR count). The number of nitrogens with zero attached hydrogens (tertiary/aromatic N) is 6. The van der Waals surface area contributed by atoms with Gasteiger partial charge >= 0.3 is 12.1 Å². The van der Waals surface area contributed by atoms with E-state index in [1.54, 1.807) is 30.9 Å². The molecule has 2 saturated heterocycles. The lowest BCUT2D eigenvalue weighted by Gasteiger charge is -2.26. The Hall–Kier alpha value is -4.40. The van der Waals surface area contributed by atoms with Crippen LogP contribution in [0.25, 0.3) is 5.82 Å². The van der Waals surface area contributed by atoms with Gasteiger partial charge in [0.1, 0.15) is 5.82 Å². The summed E-state index contributed by atoms with van der Waals surface area (Å²) in [5.74, 6) is -2.71. The number of rotatable bonds is 9. The van der Waals surface area contributed by atoms with E-state index in [4.69, 9.17) is 0 Å². The minimum absolute atomic E-state index is 0.0780. The number of carboxylic acid groups (broad SMARTS) is 1. The molecule has 15 heteroatoms. The molecule has 1 saturated carbocycles. The van der Waals surface area contributed by atoms with E-state index in [1.807, 2.05) is 0 Å². The predicted octanol–water partition coefficient (Wildman–Crippen LogP) is 4.19. The molecule has 0 bridgehead atoms. The molecule has 48 heavy (non-hydrogen) atoms. The van der Waals surface area contributed by atoms with Crippen LogP contribution in [0.5, 0.6) is 0 Å². The zero-order valence-electron chi connectivity index (χ0n) is 26.6. The van der Waals surface area contributed by atoms with Crippen molar-refractivity contribution < 1.29 is 37.1 Å². The minimum Gasteiger partial charge on any atom is -0.481 e. The van der Waals surface area contributed by atoms with Gasteiger partial charge in [-0.25, -0.2) is 9.07 Å². The van der Waals surface area contributed by atoms with Crippen LogP contribution in [-0.2, 0) is 15.8 Å². The van der Waals surface area contributed by atoms with Gasteiger partial charge in [0.2, 0.25) is 5.91 Å². The maximum atomic E-state index is 14.2. The van der Waals surface area contributed by atoms with E-state index >= 15 is 0 Å². The Kier molecular flexibility index (Phi) is 9.25. The van der Waals surface area contributed by atoms with Crippen LogP contribution in [0.15, 0.2) is 36.4 Å². The number of hydrogen-bond acceptors (Lipinski definition) is 7. The summed E-state index contributed by atoms with van der Waals surface area (Å²) in [6.45, 7) is 6.51. The third kappa shape index (κ3) is 6.78. The van der Waals surface area contributed by atoms with Crippen LogP contribution < -0.4 is 5.32 Å². The van der Waals surface area contributed by atoms with Gasteiger partial charge < -0.3 is 20.2 Å². The highest BCUT2D eigenvalue weighted by Gasteiger charge is 2.43. The standard InChI is InChI=1S/C33H37F4N7O4/c1-18-29(19(2)44(41-18)28-10-9-27(39-40-28)33(35,36)37)31(46)43-16-21-14-42(15-22(21)17-43)12-11-26(20-5-3-6-23(34)13-20)38-30(45)24-7-4-8-25(24)32(47)48/h3,5-6,9-10,13,21-22,24-26H,4,7-8,11-12,14-17H2,1-2H3,(H,38,45)(H,47,48)/t21?,22?,24?,25?,26-/m0/s1. The molecule has 3 aromatic rings. The lowest BCUT2D eigenvalue weighted by Crippen LogP contribution is -2.39. The molecule has 1 aliphatic carbocycles. The van der Waals surface area contributed by atoms with Crippen molar-refractivity contribution in [3.63, 3.8) is 0 Å². The lowest BCUT2D eigenvalue weighted by molar-refractivity contribution is -0.146. The molecule has 2 aromatic heterocycles. The molecule has 1 aromatic carbocycles. The zero-order chi connectivity index (χ0) is 34.3. The molecule has 256 valence electrons. The minimum atomic E-state index is -4.62. The predicted molar refractivity (Wildman–Crippen MR) is 163 cm³/mol. The van der Waals surface area contributed by atoms with Crippen molar-refractivity contribution >= 4 is 17.8 Å². The summed E-state index contributed by atoms with van der Waals surface area (Å²) >= 11 is 0. The monoisotopic (exact) mass is 671 g/mol. The first-order valence-electron chi connectivity index (χ1n) is 16.1. The first kappa shape index (κ1) is 33.5. The molecule has 0 spiro atoms. The van der Waals surface area contributed by atoms with Gasteiger partial charge in [-0.3, -0.25) is 14.4 Å². The largest absolute Gasteiger partial charge is 0.481 e. The summed E-state index contributed by atoms with van der Waals surface area (Å²) in [4.78, 5) is 42.6. The molecule has 2 N–H and O–H groups in total. The van der Waals surface area contributed by atoms with Gasteiger partial charge in [0.15, 0.2) is 11.5 Å². The van der Waals surface area contributed by atoms with E-state index in [0.29, 0.717) is 67.8 Å². The van der Waals surface area contributed by atoms with Gasteiger partial charge in [-0.2, -0.15) is 18.3 Å². The van der Waals surface area contributed by atoms with Crippen molar-refractivity contribution in [2.45, 2.75) is 51.7 Å². The third-order valence-corrected chi connectivity index (χ3v) is 9.98. The number of benzene rings is 1. The summed E-state index contributed by atoms with van der Waals surface area (Å²) in [6, 6.07) is 7.60. The third-order valence-electron chi connectivity index (χ3n) is 9.98. The highest BCUT2D eigenvalue weighted by molar-refractivity contribution is 5.96. The second kappa shape index (κ2) is 13.2. The van der Waals surface area contributed by atoms with E-state index in [0.717, 1.165) is 19.2 Å². The number of hydrogen-bond donors (Lipinski definition) is 2. The number of alkyl halides is 3. The first-order chi connectivity index (χ1) is 22.8. The summed E-state index contributed by atoms with van der Waals surface area (Å²) in [7, 11) is 0. The van der Waals surface area contributed by atoms with Gasteiger partial charge in [0, 0.05) is 32.7 Å². The molecular formula is C33H37F4N7O4. The lowest BCUT2D eigenvalue weighted by atomic mass is 9.94. The highest BCUT2D eigenvalue weighted by atomic mass is 19.4. The average Bonchev–Trinajstić information content (AvgIpc) is 3.81. The van der Waals surface area contributed by atoms with Crippen molar-refractivity contribution in [1.29, 1.82) is 0 Å². The number of fused-ring (bicyclic) bond motifs is 1. The normalized spacial score (nSPS) is 23.3. The number of aryl methyl sites for hydroxylation is 1. The zero-order valence-corrected chi connectivity index (χ0v) is 26.6. The molecule has 3 fully saturated rings. The van der Waals surface area contributed by atoms with Crippen LogP contribution in [-0.4, -0.2) is 85.4 Å². The summed E-state index contributed by atoms with van der Waals surface area (Å²) < 4.78 is 54.3. The number of likely N-dealkylation sites (tertiary alicyclic amines) is 2. The van der Waals surface area contributed by atoms with E-state index in [2.05, 4.69) is 25.5 Å². The number of halogens is 4. The average molecular weight is 672 g/mol. The molecular weight excluding hydrogens is 634 g/mol. The van der Waals surface area contributed by atoms with Crippen molar-refractivity contribution in [2.24, 2.45) is 23.7 Å². The maximum absolute atomic E-state index is 14.2. The molecule has 3 aliphatic rings. The van der Waals surface area contributed by atoms with E-state index in [-0.39, 0.29) is 29.5 Å². The number of aromatic nitrogens is 4. The second-order valence-electron chi connectivity index (χ2n) is 13.1. The maximum Gasteiger partial charge on any atom is 0.435 e. The van der Waals surface area contributed by atoms with Crippen LogP contribution in [0.3, 0.4) is 0 Å². The van der Waals surface area contributed by atoms with Gasteiger partial charge in [-0.05, 0) is 74.8 Å². The Labute approximate surface area is 274 Å². The Morgan fingerprint density at radius 3 is 2.33 bits per heavy atom. The molecule has 5 atom stereocenters. The number of carbonyl (C=O) groups excluding carboxylic acids is 2. The fraction of sp³-hybridized carbons (Fsp3) is 0.515. The highest BCUT2D eigenvalue weighted by Crippen LogP contribution is 2.35. The van der Waals surface area contributed by atoms with Gasteiger partial charge in [-0.15, -0.1) is 10.2 Å². The van der Waals surface area contributed by atoms with E-state index < -0.39 is 41.5 Å². The van der Waals surface area contributed by atoms with Crippen molar-refractivity contribution in [3.8, 4) is 5.82 Å². The molecule has 4 unspecified atom stereocenters. The summed E-state index contributed by atoms with van der Waals surface area (Å²) in [5, 5.41) is 23.9. The number of carboxylic acids is 1. The second-order valence-corrected chi connectivity index (χ2v) is 13.1. The van der Waals surface area contributed by atoms with Gasteiger partial charge in [0.05, 0.1) is 34.8 Å². The van der Waals surface area contributed by atoms with E-state index in [9.17, 15) is 37.1 Å². The number of carbonyl (C=O) groups is 3. The van der Waals surface area contributed by atoms with Gasteiger partial charge in [0.25, 0.3) is 5.91 Å². The quantitative estimate of drug-likeness (QED) is 0.324. The number of nitrogens with one attached hydrogen (secondary N) is 1. The van der Waals surface area contributed by atoms with Crippen LogP contribution in [0.2, 0.25) is 0 Å². The number of aliphatic carboxylic acids is 1. The van der Waals surface area contributed by atoms with Gasteiger partial charge in [-0.1, -0.05) is 18.6 Å². The van der Waals surface area contributed by atoms with Crippen molar-refractivity contribution in [3.05, 3.63) is 70.4 Å². The molecule has 2 aliphatic heterocycles.